The van der Waals surface area contributed by atoms with Gasteiger partial charge in [0.25, 0.3) is 11.5 Å². The predicted octanol–water partition coefficient (Wildman–Crippen LogP) is 1.40. The molecule has 2 N–H and O–H groups in total. The molecule has 0 spiro atoms. The monoisotopic (exact) mass is 382 g/mol. The lowest BCUT2D eigenvalue weighted by atomic mass is 10.3. The number of pyridine rings is 1. The summed E-state index contributed by atoms with van der Waals surface area (Å²) in [5.41, 5.74) is 3.82. The molecule has 0 aliphatic carbocycles. The highest BCUT2D eigenvalue weighted by atomic mass is 32.2. The van der Waals surface area contributed by atoms with Gasteiger partial charge in [-0.2, -0.15) is 5.10 Å². The molecule has 0 radical (unpaired) electrons. The van der Waals surface area contributed by atoms with E-state index in [2.05, 4.69) is 20.3 Å². The van der Waals surface area contributed by atoms with Crippen LogP contribution in [0, 0.1) is 20.8 Å². The van der Waals surface area contributed by atoms with E-state index in [1.165, 1.54) is 22.5 Å². The number of nitrogen functional groups attached to an aromatic ring is 1. The number of fused-ring (bicyclic) bond motifs is 1. The molecule has 4 aromatic rings. The molecule has 0 saturated carbocycles. The lowest BCUT2D eigenvalue weighted by Crippen LogP contribution is -2.18. The van der Waals surface area contributed by atoms with Crippen LogP contribution in [-0.2, 0) is 5.75 Å². The Labute approximate surface area is 158 Å². The van der Waals surface area contributed by atoms with Gasteiger partial charge in [-0.05, 0) is 39.0 Å². The number of hydrogen-bond acceptors (Lipinski definition) is 7. The Hall–Kier alpha value is -3.14. The van der Waals surface area contributed by atoms with Gasteiger partial charge in [0.1, 0.15) is 5.65 Å². The molecule has 9 nitrogen and oxygen atoms in total. The lowest BCUT2D eigenvalue weighted by molar-refractivity contribution is 0.727. The summed E-state index contributed by atoms with van der Waals surface area (Å²) >= 11 is 1.36. The zero-order valence-corrected chi connectivity index (χ0v) is 15.9. The van der Waals surface area contributed by atoms with Crippen LogP contribution in [0.4, 0.5) is 0 Å². The second-order valence-electron chi connectivity index (χ2n) is 6.23. The summed E-state index contributed by atoms with van der Waals surface area (Å²) in [5.74, 6) is 7.03. The summed E-state index contributed by atoms with van der Waals surface area (Å²) in [7, 11) is 0. The first-order valence-corrected chi connectivity index (χ1v) is 9.28. The van der Waals surface area contributed by atoms with Crippen LogP contribution in [0.5, 0.6) is 0 Å². The first-order chi connectivity index (χ1) is 12.9. The van der Waals surface area contributed by atoms with Crippen LogP contribution in [0.25, 0.3) is 11.6 Å². The van der Waals surface area contributed by atoms with Gasteiger partial charge in [-0.3, -0.25) is 9.20 Å². The van der Waals surface area contributed by atoms with Gasteiger partial charge in [-0.25, -0.2) is 14.3 Å². The minimum absolute atomic E-state index is 0.105. The SMILES string of the molecule is Cc1cc(C)n(-c2nnc(SCc3cc(=O)n4c(C)cccc4n3)n2N)n1. The molecule has 10 heteroatoms. The fourth-order valence-corrected chi connectivity index (χ4v) is 3.66. The molecule has 0 aliphatic heterocycles. The number of nitrogens with two attached hydrogens (primary N) is 1. The van der Waals surface area contributed by atoms with Crippen LogP contribution in [0.1, 0.15) is 22.8 Å². The Balaban J connectivity index is 1.60. The van der Waals surface area contributed by atoms with E-state index < -0.39 is 0 Å². The van der Waals surface area contributed by atoms with Crippen molar-refractivity contribution in [3.05, 3.63) is 63.5 Å². The Kier molecular flexibility index (Phi) is 4.19. The van der Waals surface area contributed by atoms with Gasteiger partial charge in [0.05, 0.1) is 11.4 Å². The van der Waals surface area contributed by atoms with E-state index in [1.54, 1.807) is 9.08 Å². The molecule has 138 valence electrons. The van der Waals surface area contributed by atoms with E-state index >= 15 is 0 Å². The van der Waals surface area contributed by atoms with Crippen molar-refractivity contribution in [2.75, 3.05) is 5.84 Å². The van der Waals surface area contributed by atoms with Crippen LogP contribution in [-0.4, -0.2) is 34.0 Å². The summed E-state index contributed by atoms with van der Waals surface area (Å²) in [6, 6.07) is 9.05. The van der Waals surface area contributed by atoms with Gasteiger partial charge in [0, 0.05) is 23.2 Å². The van der Waals surface area contributed by atoms with E-state index in [0.29, 0.717) is 28.2 Å². The predicted molar refractivity (Wildman–Crippen MR) is 103 cm³/mol. The minimum Gasteiger partial charge on any atom is -0.334 e. The van der Waals surface area contributed by atoms with Gasteiger partial charge < -0.3 is 5.84 Å². The normalized spacial score (nSPS) is 11.4. The largest absolute Gasteiger partial charge is 0.334 e. The van der Waals surface area contributed by atoms with Crippen LogP contribution in [0.15, 0.2) is 40.3 Å². The molecule has 0 saturated heterocycles. The molecule has 0 atom stereocenters. The van der Waals surface area contributed by atoms with Gasteiger partial charge >= 0.3 is 0 Å². The molecular weight excluding hydrogens is 364 g/mol. The number of rotatable bonds is 4. The smallest absolute Gasteiger partial charge is 0.271 e. The van der Waals surface area contributed by atoms with E-state index in [4.69, 9.17) is 5.84 Å². The first kappa shape index (κ1) is 17.3. The third-order valence-corrected chi connectivity index (χ3v) is 5.10. The van der Waals surface area contributed by atoms with Crippen LogP contribution < -0.4 is 11.4 Å². The number of hydrogen-bond donors (Lipinski definition) is 1. The zero-order valence-electron chi connectivity index (χ0n) is 15.1. The van der Waals surface area contributed by atoms with Crippen molar-refractivity contribution < 1.29 is 0 Å². The molecule has 4 aromatic heterocycles. The molecule has 0 fully saturated rings. The molecule has 0 amide bonds. The van der Waals surface area contributed by atoms with Crippen LogP contribution >= 0.6 is 11.8 Å². The third kappa shape index (κ3) is 3.08. The highest BCUT2D eigenvalue weighted by Crippen LogP contribution is 2.21. The van der Waals surface area contributed by atoms with Gasteiger partial charge in [-0.15, -0.1) is 10.2 Å². The molecule has 0 aliphatic rings. The minimum atomic E-state index is -0.105. The van der Waals surface area contributed by atoms with Crippen LogP contribution in [0.2, 0.25) is 0 Å². The van der Waals surface area contributed by atoms with Crippen molar-refractivity contribution in [2.24, 2.45) is 0 Å². The Morgan fingerprint density at radius 3 is 2.67 bits per heavy atom. The molecule has 0 unspecified atom stereocenters. The summed E-state index contributed by atoms with van der Waals surface area (Å²) < 4.78 is 4.62. The van der Waals surface area contributed by atoms with Crippen molar-refractivity contribution in [3.63, 3.8) is 0 Å². The van der Waals surface area contributed by atoms with E-state index in [9.17, 15) is 4.79 Å². The second kappa shape index (κ2) is 6.54. The van der Waals surface area contributed by atoms with Crippen molar-refractivity contribution in [2.45, 2.75) is 31.7 Å². The van der Waals surface area contributed by atoms with E-state index in [-0.39, 0.29) is 5.56 Å². The van der Waals surface area contributed by atoms with Crippen molar-refractivity contribution in [1.29, 1.82) is 0 Å². The van der Waals surface area contributed by atoms with Crippen molar-refractivity contribution in [1.82, 2.24) is 34.0 Å². The number of aryl methyl sites for hydroxylation is 3. The summed E-state index contributed by atoms with van der Waals surface area (Å²) in [4.78, 5) is 16.9. The first-order valence-electron chi connectivity index (χ1n) is 8.29. The average molecular weight is 382 g/mol. The lowest BCUT2D eigenvalue weighted by Gasteiger charge is -2.07. The van der Waals surface area contributed by atoms with Crippen LogP contribution in [0.3, 0.4) is 0 Å². The third-order valence-electron chi connectivity index (χ3n) is 4.13. The topological polar surface area (TPSA) is 109 Å². The fraction of sp³-hybridized carbons (Fsp3) is 0.235. The molecular formula is C17H18N8OS. The highest BCUT2D eigenvalue weighted by Gasteiger charge is 2.15. The zero-order chi connectivity index (χ0) is 19.1. The molecule has 0 aromatic carbocycles. The van der Waals surface area contributed by atoms with E-state index in [1.807, 2.05) is 45.0 Å². The van der Waals surface area contributed by atoms with Gasteiger partial charge in [-0.1, -0.05) is 17.8 Å². The number of thioether (sulfide) groups is 1. The average Bonchev–Trinajstić information content (AvgIpc) is 3.14. The maximum Gasteiger partial charge on any atom is 0.271 e. The van der Waals surface area contributed by atoms with Crippen molar-refractivity contribution >= 4 is 17.4 Å². The second-order valence-corrected chi connectivity index (χ2v) is 7.17. The summed E-state index contributed by atoms with van der Waals surface area (Å²) in [6.45, 7) is 5.71. The van der Waals surface area contributed by atoms with Crippen molar-refractivity contribution in [3.8, 4) is 5.95 Å². The Morgan fingerprint density at radius 1 is 1.11 bits per heavy atom. The Morgan fingerprint density at radius 2 is 1.93 bits per heavy atom. The molecule has 27 heavy (non-hydrogen) atoms. The quantitative estimate of drug-likeness (QED) is 0.420. The van der Waals surface area contributed by atoms with Gasteiger partial charge in [0.15, 0.2) is 0 Å². The molecule has 4 heterocycles. The number of nitrogens with zero attached hydrogens (tertiary/aromatic N) is 7. The van der Waals surface area contributed by atoms with Gasteiger partial charge in [0.2, 0.25) is 5.16 Å². The summed E-state index contributed by atoms with van der Waals surface area (Å²) in [6.07, 6.45) is 0. The molecule has 0 bridgehead atoms. The number of aromatic nitrogens is 7. The maximum atomic E-state index is 12.4. The Bertz CT molecular complexity index is 1210. The summed E-state index contributed by atoms with van der Waals surface area (Å²) in [5, 5.41) is 13.2. The fourth-order valence-electron chi connectivity index (χ4n) is 2.92. The molecule has 4 rings (SSSR count). The highest BCUT2D eigenvalue weighted by molar-refractivity contribution is 7.98. The van der Waals surface area contributed by atoms with E-state index in [0.717, 1.165) is 17.1 Å². The maximum absolute atomic E-state index is 12.4. The standard InChI is InChI=1S/C17H18N8OS/c1-10-7-12(3)25(22-10)16-20-21-17(24(16)18)27-9-13-8-15(26)23-11(2)5-4-6-14(23)19-13/h4-8H,9,18H2,1-3H3.